The van der Waals surface area contributed by atoms with Crippen LogP contribution in [0.3, 0.4) is 0 Å². The van der Waals surface area contributed by atoms with E-state index in [-0.39, 0.29) is 22.9 Å². The molecule has 0 aromatic heterocycles. The lowest BCUT2D eigenvalue weighted by Crippen LogP contribution is -2.27. The van der Waals surface area contributed by atoms with Crippen molar-refractivity contribution in [3.8, 4) is 11.5 Å². The second-order valence-corrected chi connectivity index (χ2v) is 8.41. The number of carbonyl (C=O) groups is 2. The summed E-state index contributed by atoms with van der Waals surface area (Å²) in [5.74, 6) is -0.182. The third kappa shape index (κ3) is 4.33. The largest absolute Gasteiger partial charge is 0.503 e. The van der Waals surface area contributed by atoms with Crippen molar-refractivity contribution in [1.82, 2.24) is 4.90 Å². The zero-order valence-electron chi connectivity index (χ0n) is 14.5. The summed E-state index contributed by atoms with van der Waals surface area (Å²) in [6.45, 7) is 2.16. The average Bonchev–Trinajstić information content (AvgIpc) is 2.89. The van der Waals surface area contributed by atoms with Crippen molar-refractivity contribution < 1.29 is 19.4 Å². The standard InChI is InChI=1S/C19H14BrCl2NO4S/c1-2-27-15-7-10(6-12(20)17(15)24)8-16-18(25)23(19(26)28-16)9-11-13(21)4-3-5-14(11)22/h3-8,24H,2,9H2,1H3/b16-8-. The van der Waals surface area contributed by atoms with E-state index < -0.39 is 11.1 Å². The lowest BCUT2D eigenvalue weighted by molar-refractivity contribution is -0.123. The lowest BCUT2D eigenvalue weighted by Gasteiger charge is -2.14. The maximum Gasteiger partial charge on any atom is 0.293 e. The highest BCUT2D eigenvalue weighted by atomic mass is 79.9. The molecule has 5 nitrogen and oxygen atoms in total. The van der Waals surface area contributed by atoms with E-state index in [0.717, 1.165) is 16.7 Å². The number of hydrogen-bond donors (Lipinski definition) is 1. The van der Waals surface area contributed by atoms with Crippen molar-refractivity contribution in [1.29, 1.82) is 0 Å². The molecule has 146 valence electrons. The highest BCUT2D eigenvalue weighted by Crippen LogP contribution is 2.39. The number of amides is 2. The molecule has 1 fully saturated rings. The Morgan fingerprint density at radius 2 is 1.93 bits per heavy atom. The number of ether oxygens (including phenoxy) is 1. The fraction of sp³-hybridized carbons (Fsp3) is 0.158. The Bertz CT molecular complexity index is 976. The van der Waals surface area contributed by atoms with Gasteiger partial charge in [-0.05, 0) is 70.5 Å². The van der Waals surface area contributed by atoms with Crippen LogP contribution in [0, 0.1) is 0 Å². The summed E-state index contributed by atoms with van der Waals surface area (Å²) in [6.07, 6.45) is 1.58. The van der Waals surface area contributed by atoms with Gasteiger partial charge in [0.05, 0.1) is 22.5 Å². The molecule has 0 bridgehead atoms. The topological polar surface area (TPSA) is 66.8 Å². The van der Waals surface area contributed by atoms with Gasteiger partial charge in [0, 0.05) is 15.6 Å². The lowest BCUT2D eigenvalue weighted by atomic mass is 10.1. The Kier molecular flexibility index (Phi) is 6.60. The maximum absolute atomic E-state index is 12.7. The number of benzene rings is 2. The average molecular weight is 503 g/mol. The molecule has 1 N–H and O–H groups in total. The van der Waals surface area contributed by atoms with Crippen LogP contribution in [0.1, 0.15) is 18.1 Å². The molecule has 0 aliphatic carbocycles. The van der Waals surface area contributed by atoms with E-state index in [1.54, 1.807) is 43.3 Å². The first-order valence-electron chi connectivity index (χ1n) is 8.15. The minimum Gasteiger partial charge on any atom is -0.503 e. The molecule has 1 aliphatic rings. The highest BCUT2D eigenvalue weighted by Gasteiger charge is 2.35. The minimum atomic E-state index is -0.437. The van der Waals surface area contributed by atoms with E-state index in [9.17, 15) is 14.7 Å². The van der Waals surface area contributed by atoms with Crippen molar-refractivity contribution in [2.45, 2.75) is 13.5 Å². The first-order valence-corrected chi connectivity index (χ1v) is 10.5. The number of halogens is 3. The van der Waals surface area contributed by atoms with Gasteiger partial charge in [0.25, 0.3) is 11.1 Å². The molecule has 9 heteroatoms. The molecule has 2 amide bonds. The third-order valence-electron chi connectivity index (χ3n) is 3.90. The van der Waals surface area contributed by atoms with Crippen LogP contribution in [0.25, 0.3) is 6.08 Å². The van der Waals surface area contributed by atoms with Crippen molar-refractivity contribution in [3.05, 3.63) is 60.9 Å². The first-order chi connectivity index (χ1) is 13.3. The van der Waals surface area contributed by atoms with E-state index >= 15 is 0 Å². The Balaban J connectivity index is 1.89. The first kappa shape index (κ1) is 21.0. The normalized spacial score (nSPS) is 15.6. The van der Waals surface area contributed by atoms with Gasteiger partial charge in [0.1, 0.15) is 0 Å². The predicted molar refractivity (Wildman–Crippen MR) is 115 cm³/mol. The summed E-state index contributed by atoms with van der Waals surface area (Å²) < 4.78 is 5.81. The van der Waals surface area contributed by atoms with Crippen molar-refractivity contribution in [2.24, 2.45) is 0 Å². The molecule has 1 aliphatic heterocycles. The minimum absolute atomic E-state index is 0.00994. The van der Waals surface area contributed by atoms with Crippen LogP contribution < -0.4 is 4.74 Å². The number of thioether (sulfide) groups is 1. The number of nitrogens with zero attached hydrogens (tertiary/aromatic N) is 1. The summed E-state index contributed by atoms with van der Waals surface area (Å²) in [7, 11) is 0. The number of rotatable bonds is 5. The summed E-state index contributed by atoms with van der Waals surface area (Å²) in [4.78, 5) is 26.5. The molecule has 0 spiro atoms. The van der Waals surface area contributed by atoms with Crippen LogP contribution >= 0.6 is 50.9 Å². The highest BCUT2D eigenvalue weighted by molar-refractivity contribution is 9.10. The quantitative estimate of drug-likeness (QED) is 0.500. The molecule has 0 radical (unpaired) electrons. The Hall–Kier alpha value is -1.67. The second-order valence-electron chi connectivity index (χ2n) is 5.75. The monoisotopic (exact) mass is 501 g/mol. The number of phenolic OH excluding ortho intramolecular Hbond substituents is 1. The van der Waals surface area contributed by atoms with Crippen LogP contribution in [0.5, 0.6) is 11.5 Å². The van der Waals surface area contributed by atoms with E-state index in [4.69, 9.17) is 27.9 Å². The van der Waals surface area contributed by atoms with Crippen LogP contribution in [-0.2, 0) is 11.3 Å². The van der Waals surface area contributed by atoms with E-state index in [2.05, 4.69) is 15.9 Å². The molecule has 0 saturated carbocycles. The van der Waals surface area contributed by atoms with Crippen LogP contribution in [0.4, 0.5) is 4.79 Å². The molecule has 3 rings (SSSR count). The van der Waals surface area contributed by atoms with Gasteiger partial charge in [0.2, 0.25) is 0 Å². The Morgan fingerprint density at radius 1 is 1.25 bits per heavy atom. The van der Waals surface area contributed by atoms with Gasteiger partial charge < -0.3 is 9.84 Å². The Morgan fingerprint density at radius 3 is 2.57 bits per heavy atom. The van der Waals surface area contributed by atoms with Crippen LogP contribution in [-0.4, -0.2) is 27.8 Å². The Labute approximate surface area is 184 Å². The summed E-state index contributed by atoms with van der Waals surface area (Å²) in [5, 5.41) is 10.4. The maximum atomic E-state index is 12.7. The van der Waals surface area contributed by atoms with E-state index in [0.29, 0.717) is 32.3 Å². The zero-order valence-corrected chi connectivity index (χ0v) is 18.5. The molecule has 1 heterocycles. The SMILES string of the molecule is CCOc1cc(/C=C2\SC(=O)N(Cc3c(Cl)cccc3Cl)C2=O)cc(Br)c1O. The second kappa shape index (κ2) is 8.78. The fourth-order valence-corrected chi connectivity index (χ4v) is 4.39. The number of imide groups is 1. The predicted octanol–water partition coefficient (Wildman–Crippen LogP) is 6.10. The molecular formula is C19H14BrCl2NO4S. The number of hydrogen-bond acceptors (Lipinski definition) is 5. The molecular weight excluding hydrogens is 489 g/mol. The van der Waals surface area contributed by atoms with Gasteiger partial charge in [-0.1, -0.05) is 29.3 Å². The third-order valence-corrected chi connectivity index (χ3v) is 6.12. The molecule has 0 atom stereocenters. The van der Waals surface area contributed by atoms with Gasteiger partial charge in [-0.3, -0.25) is 14.5 Å². The summed E-state index contributed by atoms with van der Waals surface area (Å²) in [5.41, 5.74) is 1.12. The summed E-state index contributed by atoms with van der Waals surface area (Å²) in [6, 6.07) is 8.24. The van der Waals surface area contributed by atoms with Gasteiger partial charge in [-0.15, -0.1) is 0 Å². The van der Waals surface area contributed by atoms with Gasteiger partial charge in [-0.25, -0.2) is 0 Å². The van der Waals surface area contributed by atoms with Crippen molar-refractivity contribution >= 4 is 68.1 Å². The summed E-state index contributed by atoms with van der Waals surface area (Å²) >= 11 is 16.4. The van der Waals surface area contributed by atoms with Crippen molar-refractivity contribution in [2.75, 3.05) is 6.61 Å². The van der Waals surface area contributed by atoms with Crippen molar-refractivity contribution in [3.63, 3.8) is 0 Å². The molecule has 2 aromatic carbocycles. The molecule has 2 aromatic rings. The van der Waals surface area contributed by atoms with E-state index in [1.165, 1.54) is 0 Å². The van der Waals surface area contributed by atoms with Gasteiger partial charge in [-0.2, -0.15) is 0 Å². The van der Waals surface area contributed by atoms with Crippen LogP contribution in [0.2, 0.25) is 10.0 Å². The number of carbonyl (C=O) groups excluding carboxylic acids is 2. The smallest absolute Gasteiger partial charge is 0.293 e. The van der Waals surface area contributed by atoms with Gasteiger partial charge >= 0.3 is 0 Å². The van der Waals surface area contributed by atoms with Gasteiger partial charge in [0.15, 0.2) is 11.5 Å². The number of phenols is 1. The zero-order chi connectivity index (χ0) is 20.4. The van der Waals surface area contributed by atoms with E-state index in [1.807, 2.05) is 0 Å². The number of aromatic hydroxyl groups is 1. The molecule has 0 unspecified atom stereocenters. The fourth-order valence-electron chi connectivity index (χ4n) is 2.57. The molecule has 1 saturated heterocycles. The molecule has 28 heavy (non-hydrogen) atoms. The van der Waals surface area contributed by atoms with Crippen LogP contribution in [0.15, 0.2) is 39.7 Å².